The molecule has 0 atom stereocenters. The van der Waals surface area contributed by atoms with E-state index in [0.717, 1.165) is 0 Å². The van der Waals surface area contributed by atoms with E-state index in [4.69, 9.17) is 30.5 Å². The Morgan fingerprint density at radius 3 is 2.36 bits per heavy atom. The molecule has 0 spiro atoms. The van der Waals surface area contributed by atoms with Crippen molar-refractivity contribution in [2.24, 2.45) is 0 Å². The number of carbonyl (C=O) groups is 1. The maximum atomic E-state index is 13.0. The number of anilines is 1. The van der Waals surface area contributed by atoms with Crippen molar-refractivity contribution in [3.8, 4) is 17.2 Å². The predicted molar refractivity (Wildman–Crippen MR) is 124 cm³/mol. The SMILES string of the molecule is COc1ccc(S(=O)(=O)N2CCOCC2)cc1NC(=O)c1cc(Cl)c(OC(C)C)c(OC)c1. The molecule has 2 aromatic rings. The summed E-state index contributed by atoms with van der Waals surface area (Å²) >= 11 is 6.33. The highest BCUT2D eigenvalue weighted by Gasteiger charge is 2.27. The van der Waals surface area contributed by atoms with Gasteiger partial charge in [-0.1, -0.05) is 11.6 Å². The fraction of sp³-hybridized carbons (Fsp3) is 0.409. The van der Waals surface area contributed by atoms with Crippen LogP contribution in [0.15, 0.2) is 35.2 Å². The normalized spacial score (nSPS) is 14.7. The van der Waals surface area contributed by atoms with Crippen LogP contribution in [0, 0.1) is 0 Å². The van der Waals surface area contributed by atoms with Gasteiger partial charge in [-0.25, -0.2) is 8.42 Å². The van der Waals surface area contributed by atoms with Crippen LogP contribution >= 0.6 is 11.6 Å². The third-order valence-electron chi connectivity index (χ3n) is 4.87. The lowest BCUT2D eigenvalue weighted by Crippen LogP contribution is -2.40. The highest BCUT2D eigenvalue weighted by atomic mass is 35.5. The predicted octanol–water partition coefficient (Wildman–Crippen LogP) is 3.42. The number of carbonyl (C=O) groups excluding carboxylic acids is 1. The summed E-state index contributed by atoms with van der Waals surface area (Å²) in [6.07, 6.45) is -0.142. The summed E-state index contributed by atoms with van der Waals surface area (Å²) in [4.78, 5) is 13.0. The molecule has 1 aliphatic heterocycles. The highest BCUT2D eigenvalue weighted by molar-refractivity contribution is 7.89. The van der Waals surface area contributed by atoms with E-state index in [9.17, 15) is 13.2 Å². The number of ether oxygens (including phenoxy) is 4. The molecule has 1 amide bonds. The minimum Gasteiger partial charge on any atom is -0.495 e. The Bertz CT molecular complexity index is 1120. The zero-order valence-electron chi connectivity index (χ0n) is 18.9. The summed E-state index contributed by atoms with van der Waals surface area (Å²) in [7, 11) is -0.878. The first-order valence-corrected chi connectivity index (χ1v) is 12.1. The second-order valence-electron chi connectivity index (χ2n) is 7.49. The molecule has 0 radical (unpaired) electrons. The third kappa shape index (κ3) is 5.70. The van der Waals surface area contributed by atoms with E-state index in [1.54, 1.807) is 0 Å². The molecule has 0 bridgehead atoms. The largest absolute Gasteiger partial charge is 0.495 e. The van der Waals surface area contributed by atoms with Gasteiger partial charge in [0, 0.05) is 18.7 Å². The van der Waals surface area contributed by atoms with Crippen molar-refractivity contribution in [2.75, 3.05) is 45.8 Å². The van der Waals surface area contributed by atoms with E-state index < -0.39 is 15.9 Å². The molecule has 2 aromatic carbocycles. The topological polar surface area (TPSA) is 103 Å². The number of halogens is 1. The Morgan fingerprint density at radius 1 is 1.09 bits per heavy atom. The monoisotopic (exact) mass is 498 g/mol. The molecule has 11 heteroatoms. The van der Waals surface area contributed by atoms with Crippen molar-refractivity contribution in [3.05, 3.63) is 40.9 Å². The van der Waals surface area contributed by atoms with Gasteiger partial charge in [0.1, 0.15) is 5.75 Å². The van der Waals surface area contributed by atoms with Gasteiger partial charge in [-0.3, -0.25) is 4.79 Å². The number of hydrogen-bond acceptors (Lipinski definition) is 7. The van der Waals surface area contributed by atoms with Crippen LogP contribution in [0.1, 0.15) is 24.2 Å². The Hall–Kier alpha value is -2.53. The fourth-order valence-corrected chi connectivity index (χ4v) is 4.97. The molecule has 0 unspecified atom stereocenters. The van der Waals surface area contributed by atoms with Crippen LogP contribution in [0.5, 0.6) is 17.2 Å². The fourth-order valence-electron chi connectivity index (χ4n) is 3.28. The summed E-state index contributed by atoms with van der Waals surface area (Å²) < 4.78 is 48.9. The molecule has 1 heterocycles. The minimum atomic E-state index is -3.76. The Labute approximate surface area is 198 Å². The minimum absolute atomic E-state index is 0.0387. The number of benzene rings is 2. The van der Waals surface area contributed by atoms with Crippen LogP contribution in [0.25, 0.3) is 0 Å². The average Bonchev–Trinajstić information content (AvgIpc) is 2.80. The average molecular weight is 499 g/mol. The third-order valence-corrected chi connectivity index (χ3v) is 7.05. The molecule has 1 fully saturated rings. The first-order chi connectivity index (χ1) is 15.7. The quantitative estimate of drug-likeness (QED) is 0.594. The van der Waals surface area contributed by atoms with E-state index in [1.807, 2.05) is 13.8 Å². The van der Waals surface area contributed by atoms with Gasteiger partial charge in [0.05, 0.1) is 49.1 Å². The van der Waals surface area contributed by atoms with Crippen LogP contribution in [-0.4, -0.2) is 65.3 Å². The van der Waals surface area contributed by atoms with Crippen LogP contribution < -0.4 is 19.5 Å². The van der Waals surface area contributed by atoms with Crippen molar-refractivity contribution >= 4 is 33.2 Å². The van der Waals surface area contributed by atoms with Crippen LogP contribution in [-0.2, 0) is 14.8 Å². The molecule has 33 heavy (non-hydrogen) atoms. The number of hydrogen-bond donors (Lipinski definition) is 1. The molecular formula is C22H27ClN2O7S. The van der Waals surface area contributed by atoms with Crippen molar-refractivity contribution in [1.29, 1.82) is 0 Å². The molecule has 1 saturated heterocycles. The second kappa shape index (κ2) is 10.6. The van der Waals surface area contributed by atoms with E-state index in [-0.39, 0.29) is 40.4 Å². The lowest BCUT2D eigenvalue weighted by atomic mass is 10.1. The van der Waals surface area contributed by atoms with Crippen LogP contribution in [0.3, 0.4) is 0 Å². The van der Waals surface area contributed by atoms with Crippen molar-refractivity contribution in [3.63, 3.8) is 0 Å². The summed E-state index contributed by atoms with van der Waals surface area (Å²) in [6.45, 7) is 4.88. The molecule has 0 aromatic heterocycles. The Morgan fingerprint density at radius 2 is 1.76 bits per heavy atom. The van der Waals surface area contributed by atoms with Crippen molar-refractivity contribution in [2.45, 2.75) is 24.8 Å². The van der Waals surface area contributed by atoms with Gasteiger partial charge in [-0.05, 0) is 44.2 Å². The highest BCUT2D eigenvalue weighted by Crippen LogP contribution is 2.38. The van der Waals surface area contributed by atoms with Gasteiger partial charge in [-0.2, -0.15) is 4.31 Å². The maximum absolute atomic E-state index is 13.0. The number of sulfonamides is 1. The van der Waals surface area contributed by atoms with Gasteiger partial charge in [0.15, 0.2) is 11.5 Å². The molecule has 1 aliphatic rings. The van der Waals surface area contributed by atoms with Gasteiger partial charge in [0.2, 0.25) is 10.0 Å². The molecule has 1 N–H and O–H groups in total. The first-order valence-electron chi connectivity index (χ1n) is 10.3. The lowest BCUT2D eigenvalue weighted by Gasteiger charge is -2.26. The number of nitrogens with one attached hydrogen (secondary N) is 1. The van der Waals surface area contributed by atoms with Crippen molar-refractivity contribution in [1.82, 2.24) is 4.31 Å². The number of amides is 1. The molecule has 9 nitrogen and oxygen atoms in total. The molecular weight excluding hydrogens is 472 g/mol. The zero-order chi connectivity index (χ0) is 24.2. The van der Waals surface area contributed by atoms with Gasteiger partial charge < -0.3 is 24.3 Å². The summed E-state index contributed by atoms with van der Waals surface area (Å²) in [5.74, 6) is 0.423. The molecule has 0 aliphatic carbocycles. The first kappa shape index (κ1) is 25.1. The van der Waals surface area contributed by atoms with E-state index in [1.165, 1.54) is 48.9 Å². The second-order valence-corrected chi connectivity index (χ2v) is 9.83. The van der Waals surface area contributed by atoms with E-state index >= 15 is 0 Å². The standard InChI is InChI=1S/C22H27ClN2O7S/c1-14(2)32-21-17(23)11-15(12-20(21)30-4)22(26)24-18-13-16(5-6-19(18)29-3)33(27,28)25-7-9-31-10-8-25/h5-6,11-14H,7-10H2,1-4H3,(H,24,26). The van der Waals surface area contributed by atoms with Crippen molar-refractivity contribution < 1.29 is 32.2 Å². The van der Waals surface area contributed by atoms with Gasteiger partial charge >= 0.3 is 0 Å². The Balaban J connectivity index is 1.92. The number of nitrogens with zero attached hydrogens (tertiary/aromatic N) is 1. The smallest absolute Gasteiger partial charge is 0.255 e. The van der Waals surface area contributed by atoms with E-state index in [2.05, 4.69) is 5.32 Å². The number of rotatable bonds is 8. The maximum Gasteiger partial charge on any atom is 0.255 e. The number of morpholine rings is 1. The lowest BCUT2D eigenvalue weighted by molar-refractivity contribution is 0.0730. The Kier molecular flexibility index (Phi) is 8.06. The molecule has 180 valence electrons. The van der Waals surface area contributed by atoms with E-state index in [0.29, 0.717) is 30.5 Å². The molecule has 0 saturated carbocycles. The zero-order valence-corrected chi connectivity index (χ0v) is 20.5. The van der Waals surface area contributed by atoms with Crippen LogP contribution in [0.2, 0.25) is 5.02 Å². The summed E-state index contributed by atoms with van der Waals surface area (Å²) in [5.41, 5.74) is 0.408. The van der Waals surface area contributed by atoms with Crippen LogP contribution in [0.4, 0.5) is 5.69 Å². The van der Waals surface area contributed by atoms with Gasteiger partial charge in [-0.15, -0.1) is 0 Å². The summed E-state index contributed by atoms with van der Waals surface area (Å²) in [6, 6.07) is 7.27. The summed E-state index contributed by atoms with van der Waals surface area (Å²) in [5, 5.41) is 2.92. The molecule has 3 rings (SSSR count). The number of methoxy groups -OCH3 is 2. The van der Waals surface area contributed by atoms with Gasteiger partial charge in [0.25, 0.3) is 5.91 Å².